The minimum absolute atomic E-state index is 0.0744. The van der Waals surface area contributed by atoms with Crippen molar-refractivity contribution in [1.82, 2.24) is 4.57 Å². The highest BCUT2D eigenvalue weighted by atomic mass is 35.5. The number of halogens is 1. The van der Waals surface area contributed by atoms with Gasteiger partial charge in [-0.3, -0.25) is 4.79 Å². The van der Waals surface area contributed by atoms with Gasteiger partial charge in [-0.05, 0) is 42.2 Å². The molecule has 0 amide bonds. The van der Waals surface area contributed by atoms with E-state index in [9.17, 15) is 4.79 Å². The number of hydrogen-bond donors (Lipinski definition) is 0. The monoisotopic (exact) mass is 381 g/mol. The van der Waals surface area contributed by atoms with Crippen molar-refractivity contribution < 1.29 is 9.47 Å². The van der Waals surface area contributed by atoms with Crippen molar-refractivity contribution in [3.63, 3.8) is 0 Å². The Hall–Kier alpha value is -2.72. The van der Waals surface area contributed by atoms with Crippen LogP contribution in [-0.4, -0.2) is 11.7 Å². The summed E-state index contributed by atoms with van der Waals surface area (Å²) in [6, 6.07) is 15.5. The first-order valence-corrected chi connectivity index (χ1v) is 9.24. The van der Waals surface area contributed by atoms with Crippen molar-refractivity contribution in [3.05, 3.63) is 80.6 Å². The van der Waals surface area contributed by atoms with Crippen LogP contribution < -0.4 is 15.0 Å². The maximum atomic E-state index is 12.4. The number of hydrogen-bond acceptors (Lipinski definition) is 3. The molecule has 138 valence electrons. The van der Waals surface area contributed by atoms with E-state index in [0.29, 0.717) is 29.7 Å². The molecule has 0 saturated carbocycles. The second-order valence-corrected chi connectivity index (χ2v) is 7.05. The molecule has 0 atom stereocenters. The molecule has 1 aliphatic heterocycles. The molecule has 4 rings (SSSR count). The lowest BCUT2D eigenvalue weighted by Gasteiger charge is -2.25. The lowest BCUT2D eigenvalue weighted by molar-refractivity contribution is 0.284. The summed E-state index contributed by atoms with van der Waals surface area (Å²) in [6.45, 7) is 3.04. The third-order valence-electron chi connectivity index (χ3n) is 4.99. The summed E-state index contributed by atoms with van der Waals surface area (Å²) >= 11 is 6.27. The van der Waals surface area contributed by atoms with Gasteiger partial charge in [0.25, 0.3) is 5.56 Å². The van der Waals surface area contributed by atoms with Gasteiger partial charge in [-0.2, -0.15) is 0 Å². The second-order valence-electron chi connectivity index (χ2n) is 6.64. The molecule has 0 fully saturated rings. The summed E-state index contributed by atoms with van der Waals surface area (Å²) in [6.07, 6.45) is 0.759. The van der Waals surface area contributed by atoms with Crippen LogP contribution in [-0.2, 0) is 19.6 Å². The van der Waals surface area contributed by atoms with Crippen molar-refractivity contribution >= 4 is 11.6 Å². The number of benzene rings is 2. The Bertz CT molecular complexity index is 1060. The summed E-state index contributed by atoms with van der Waals surface area (Å²) in [7, 11) is 1.62. The Balaban J connectivity index is 1.77. The van der Waals surface area contributed by atoms with E-state index in [-0.39, 0.29) is 5.56 Å². The van der Waals surface area contributed by atoms with E-state index in [1.165, 1.54) is 6.07 Å². The van der Waals surface area contributed by atoms with E-state index >= 15 is 0 Å². The quantitative estimate of drug-likeness (QED) is 0.662. The molecule has 0 aliphatic carbocycles. The Morgan fingerprint density at radius 3 is 2.63 bits per heavy atom. The zero-order valence-electron chi connectivity index (χ0n) is 15.3. The van der Waals surface area contributed by atoms with Crippen LogP contribution in [0.5, 0.6) is 11.5 Å². The largest absolute Gasteiger partial charge is 0.493 e. The van der Waals surface area contributed by atoms with Crippen LogP contribution in [0.3, 0.4) is 0 Å². The molecule has 0 radical (unpaired) electrons. The van der Waals surface area contributed by atoms with Crippen LogP contribution in [0.25, 0.3) is 11.3 Å². The van der Waals surface area contributed by atoms with Gasteiger partial charge in [0, 0.05) is 18.2 Å². The Morgan fingerprint density at radius 2 is 1.89 bits per heavy atom. The zero-order chi connectivity index (χ0) is 19.0. The summed E-state index contributed by atoms with van der Waals surface area (Å²) in [5.41, 5.74) is 4.89. The third-order valence-corrected chi connectivity index (χ3v) is 5.38. The number of ether oxygens (including phenoxy) is 2. The van der Waals surface area contributed by atoms with Gasteiger partial charge in [0.05, 0.1) is 17.8 Å². The van der Waals surface area contributed by atoms with Gasteiger partial charge in [0.1, 0.15) is 6.61 Å². The molecule has 0 bridgehead atoms. The fourth-order valence-corrected chi connectivity index (χ4v) is 3.74. The fraction of sp³-hybridized carbons (Fsp3) is 0.227. The van der Waals surface area contributed by atoms with Crippen molar-refractivity contribution in [2.75, 3.05) is 7.11 Å². The van der Waals surface area contributed by atoms with E-state index in [2.05, 4.69) is 0 Å². The third kappa shape index (κ3) is 3.21. The van der Waals surface area contributed by atoms with Crippen molar-refractivity contribution in [2.45, 2.75) is 26.5 Å². The first-order chi connectivity index (χ1) is 13.1. The molecule has 5 heteroatoms. The first-order valence-electron chi connectivity index (χ1n) is 8.86. The highest BCUT2D eigenvalue weighted by Gasteiger charge is 2.23. The standard InChI is InChI=1S/C22H20ClNO3/c1-14-18(23)12-21(25)24-9-8-16-10-20(19(26-2)11-17(16)22(14)24)27-13-15-6-4-3-5-7-15/h3-7,10-12H,8-9,13H2,1-2H3. The molecule has 4 nitrogen and oxygen atoms in total. The van der Waals surface area contributed by atoms with Gasteiger partial charge in [-0.25, -0.2) is 0 Å². The lowest BCUT2D eigenvalue weighted by Crippen LogP contribution is -2.26. The minimum Gasteiger partial charge on any atom is -0.493 e. The Kier molecular flexibility index (Phi) is 4.66. The van der Waals surface area contributed by atoms with Crippen molar-refractivity contribution in [3.8, 4) is 22.8 Å². The predicted molar refractivity (Wildman–Crippen MR) is 107 cm³/mol. The van der Waals surface area contributed by atoms with Crippen LogP contribution in [0.2, 0.25) is 5.02 Å². The van der Waals surface area contributed by atoms with Crippen molar-refractivity contribution in [2.24, 2.45) is 0 Å². The number of methoxy groups -OCH3 is 1. The van der Waals surface area contributed by atoms with Gasteiger partial charge in [0.15, 0.2) is 11.5 Å². The topological polar surface area (TPSA) is 40.5 Å². The molecule has 1 aliphatic rings. The minimum atomic E-state index is -0.0744. The van der Waals surface area contributed by atoms with Crippen LogP contribution in [0.15, 0.2) is 53.3 Å². The number of aryl methyl sites for hydroxylation is 1. The second kappa shape index (κ2) is 7.12. The first kappa shape index (κ1) is 17.7. The average molecular weight is 382 g/mol. The summed E-state index contributed by atoms with van der Waals surface area (Å²) in [4.78, 5) is 12.4. The molecule has 2 heterocycles. The zero-order valence-corrected chi connectivity index (χ0v) is 16.0. The number of aromatic nitrogens is 1. The van der Waals surface area contributed by atoms with Crippen LogP contribution in [0, 0.1) is 6.92 Å². The van der Waals surface area contributed by atoms with Gasteiger partial charge in [0.2, 0.25) is 0 Å². The highest BCUT2D eigenvalue weighted by Crippen LogP contribution is 2.40. The van der Waals surface area contributed by atoms with E-state index in [1.54, 1.807) is 11.7 Å². The number of fused-ring (bicyclic) bond motifs is 3. The molecule has 27 heavy (non-hydrogen) atoms. The molecule has 0 N–H and O–H groups in total. The van der Waals surface area contributed by atoms with E-state index in [0.717, 1.165) is 34.4 Å². The van der Waals surface area contributed by atoms with Gasteiger partial charge < -0.3 is 14.0 Å². The maximum absolute atomic E-state index is 12.4. The average Bonchev–Trinajstić information content (AvgIpc) is 2.69. The summed E-state index contributed by atoms with van der Waals surface area (Å²) in [5.74, 6) is 1.35. The normalized spacial score (nSPS) is 12.3. The fourth-order valence-electron chi connectivity index (χ4n) is 3.56. The Morgan fingerprint density at radius 1 is 1.11 bits per heavy atom. The number of nitrogens with zero attached hydrogens (tertiary/aromatic N) is 1. The molecular weight excluding hydrogens is 362 g/mol. The summed E-state index contributed by atoms with van der Waals surface area (Å²) < 4.78 is 13.4. The maximum Gasteiger partial charge on any atom is 0.252 e. The number of rotatable bonds is 4. The SMILES string of the molecule is COc1cc2c(cc1OCc1ccccc1)CCn1c-2c(C)c(Cl)cc1=O. The van der Waals surface area contributed by atoms with Gasteiger partial charge in [-0.1, -0.05) is 41.9 Å². The molecule has 2 aromatic carbocycles. The molecule has 3 aromatic rings. The Labute approximate surface area is 162 Å². The lowest BCUT2D eigenvalue weighted by atomic mass is 9.94. The van der Waals surface area contributed by atoms with Crippen molar-refractivity contribution in [1.29, 1.82) is 0 Å². The predicted octanol–water partition coefficient (Wildman–Crippen LogP) is 4.62. The van der Waals surface area contributed by atoms with Crippen LogP contribution in [0.1, 0.15) is 16.7 Å². The smallest absolute Gasteiger partial charge is 0.252 e. The van der Waals surface area contributed by atoms with E-state index in [4.69, 9.17) is 21.1 Å². The molecule has 1 aromatic heterocycles. The molecule has 0 unspecified atom stereocenters. The van der Waals surface area contributed by atoms with E-state index in [1.807, 2.05) is 49.4 Å². The highest BCUT2D eigenvalue weighted by molar-refractivity contribution is 6.31. The summed E-state index contributed by atoms with van der Waals surface area (Å²) in [5, 5.41) is 0.488. The molecule has 0 spiro atoms. The molecular formula is C22H20ClNO3. The van der Waals surface area contributed by atoms with Gasteiger partial charge >= 0.3 is 0 Å². The van der Waals surface area contributed by atoms with Crippen LogP contribution in [0.4, 0.5) is 0 Å². The van der Waals surface area contributed by atoms with Crippen LogP contribution >= 0.6 is 11.6 Å². The molecule has 0 saturated heterocycles. The van der Waals surface area contributed by atoms with E-state index < -0.39 is 0 Å². The number of pyridine rings is 1. The van der Waals surface area contributed by atoms with Gasteiger partial charge in [-0.15, -0.1) is 0 Å².